The number of halogens is 1. The number of nitrogens with one attached hydrogen (secondary N) is 3. The van der Waals surface area contributed by atoms with Crippen molar-refractivity contribution in [3.63, 3.8) is 0 Å². The highest BCUT2D eigenvalue weighted by Crippen LogP contribution is 2.15. The molecule has 2 aromatic rings. The van der Waals surface area contributed by atoms with Crippen LogP contribution in [-0.2, 0) is 9.59 Å². The molecule has 6 nitrogen and oxygen atoms in total. The standard InChI is InChI=1S/C18H16BrN3O3S/c19-14-7-9-15(10-8-14)25-12-17(24)21-22-18(26)20-16(23)11-6-13-4-2-1-3-5-13/h1-11H,12H2,(H,21,24)(H2,20,22,23,26). The van der Waals surface area contributed by atoms with E-state index in [1.54, 1.807) is 30.3 Å². The molecule has 0 aromatic heterocycles. The number of amides is 2. The Balaban J connectivity index is 1.67. The number of thiocarbonyl (C=S) groups is 1. The van der Waals surface area contributed by atoms with Crippen molar-refractivity contribution < 1.29 is 14.3 Å². The highest BCUT2D eigenvalue weighted by atomic mass is 79.9. The molecule has 3 N–H and O–H groups in total. The molecule has 2 amide bonds. The number of hydrogen-bond donors (Lipinski definition) is 3. The van der Waals surface area contributed by atoms with Crippen LogP contribution >= 0.6 is 28.1 Å². The molecule has 2 aromatic carbocycles. The quantitative estimate of drug-likeness (QED) is 0.383. The van der Waals surface area contributed by atoms with Crippen molar-refractivity contribution >= 4 is 51.2 Å². The van der Waals surface area contributed by atoms with Gasteiger partial charge in [-0.15, -0.1) is 0 Å². The van der Waals surface area contributed by atoms with Crippen LogP contribution in [0.2, 0.25) is 0 Å². The fourth-order valence-corrected chi connectivity index (χ4v) is 2.18. The third kappa shape index (κ3) is 7.45. The second-order valence-electron chi connectivity index (χ2n) is 4.98. The predicted molar refractivity (Wildman–Crippen MR) is 107 cm³/mol. The summed E-state index contributed by atoms with van der Waals surface area (Å²) in [7, 11) is 0. The van der Waals surface area contributed by atoms with Crippen molar-refractivity contribution in [3.05, 3.63) is 70.7 Å². The lowest BCUT2D eigenvalue weighted by Gasteiger charge is -2.10. The molecule has 0 aliphatic heterocycles. The molecule has 2 rings (SSSR count). The normalized spacial score (nSPS) is 10.2. The van der Waals surface area contributed by atoms with Gasteiger partial charge in [0.05, 0.1) is 0 Å². The van der Waals surface area contributed by atoms with Gasteiger partial charge in [-0.1, -0.05) is 46.3 Å². The molecule has 0 saturated heterocycles. The van der Waals surface area contributed by atoms with E-state index in [1.807, 2.05) is 30.3 Å². The third-order valence-electron chi connectivity index (χ3n) is 2.96. The second-order valence-corrected chi connectivity index (χ2v) is 6.30. The first kappa shape index (κ1) is 19.6. The van der Waals surface area contributed by atoms with Gasteiger partial charge >= 0.3 is 0 Å². The van der Waals surface area contributed by atoms with Crippen LogP contribution in [0.15, 0.2) is 65.1 Å². The fourth-order valence-electron chi connectivity index (χ4n) is 1.76. The highest BCUT2D eigenvalue weighted by Gasteiger charge is 2.05. The number of ether oxygens (including phenoxy) is 1. The molecular formula is C18H16BrN3O3S. The molecule has 0 atom stereocenters. The SMILES string of the molecule is O=C(C=Cc1ccccc1)NC(=S)NNC(=O)COc1ccc(Br)cc1. The number of hydrogen-bond acceptors (Lipinski definition) is 4. The van der Waals surface area contributed by atoms with Crippen molar-refractivity contribution in [2.75, 3.05) is 6.61 Å². The van der Waals surface area contributed by atoms with Gasteiger partial charge in [-0.25, -0.2) is 0 Å². The van der Waals surface area contributed by atoms with Gasteiger partial charge < -0.3 is 4.74 Å². The molecule has 0 fully saturated rings. The van der Waals surface area contributed by atoms with Crippen LogP contribution in [0.4, 0.5) is 0 Å². The average molecular weight is 434 g/mol. The van der Waals surface area contributed by atoms with Crippen molar-refractivity contribution in [2.45, 2.75) is 0 Å². The number of rotatable bonds is 5. The van der Waals surface area contributed by atoms with Crippen LogP contribution in [0.5, 0.6) is 5.75 Å². The Morgan fingerprint density at radius 3 is 2.42 bits per heavy atom. The Hall–Kier alpha value is -2.71. The van der Waals surface area contributed by atoms with Crippen LogP contribution in [0.25, 0.3) is 6.08 Å². The van der Waals surface area contributed by atoms with Crippen LogP contribution in [0.3, 0.4) is 0 Å². The first-order valence-corrected chi connectivity index (χ1v) is 8.74. The first-order valence-electron chi connectivity index (χ1n) is 7.54. The van der Waals surface area contributed by atoms with Gasteiger partial charge in [-0.05, 0) is 48.1 Å². The lowest BCUT2D eigenvalue weighted by molar-refractivity contribution is -0.123. The van der Waals surface area contributed by atoms with Gasteiger partial charge in [0.2, 0.25) is 5.91 Å². The average Bonchev–Trinajstić information content (AvgIpc) is 2.65. The maximum atomic E-state index is 11.7. The number of carbonyl (C=O) groups excluding carboxylic acids is 2. The molecule has 0 aliphatic rings. The Kier molecular flexibility index (Phi) is 7.78. The predicted octanol–water partition coefficient (Wildman–Crippen LogP) is 2.56. The lowest BCUT2D eigenvalue weighted by Crippen LogP contribution is -2.49. The molecule has 134 valence electrons. The van der Waals surface area contributed by atoms with Crippen molar-refractivity contribution in [1.29, 1.82) is 0 Å². The summed E-state index contributed by atoms with van der Waals surface area (Å²) in [5.74, 6) is -0.290. The van der Waals surface area contributed by atoms with Gasteiger partial charge in [0.15, 0.2) is 11.7 Å². The fraction of sp³-hybridized carbons (Fsp3) is 0.0556. The lowest BCUT2D eigenvalue weighted by atomic mass is 10.2. The summed E-state index contributed by atoms with van der Waals surface area (Å²) in [6.45, 7) is -0.195. The van der Waals surface area contributed by atoms with Crippen LogP contribution < -0.4 is 20.9 Å². The van der Waals surface area contributed by atoms with E-state index in [0.29, 0.717) is 5.75 Å². The summed E-state index contributed by atoms with van der Waals surface area (Å²) in [6.07, 6.45) is 3.00. The van der Waals surface area contributed by atoms with E-state index in [4.69, 9.17) is 17.0 Å². The molecule has 0 radical (unpaired) electrons. The van der Waals surface area contributed by atoms with Crippen molar-refractivity contribution in [2.24, 2.45) is 0 Å². The molecular weight excluding hydrogens is 418 g/mol. The van der Waals surface area contributed by atoms with Crippen LogP contribution in [-0.4, -0.2) is 23.5 Å². The van der Waals surface area contributed by atoms with Gasteiger partial charge in [-0.3, -0.25) is 25.8 Å². The van der Waals surface area contributed by atoms with E-state index in [-0.39, 0.29) is 11.7 Å². The summed E-state index contributed by atoms with van der Waals surface area (Å²) in [5.41, 5.74) is 5.66. The maximum Gasteiger partial charge on any atom is 0.276 e. The molecule has 26 heavy (non-hydrogen) atoms. The zero-order valence-electron chi connectivity index (χ0n) is 13.6. The van der Waals surface area contributed by atoms with Crippen molar-refractivity contribution in [3.8, 4) is 5.75 Å². The van der Waals surface area contributed by atoms with Crippen LogP contribution in [0, 0.1) is 0 Å². The summed E-state index contributed by atoms with van der Waals surface area (Å²) in [4.78, 5) is 23.4. The zero-order valence-corrected chi connectivity index (χ0v) is 16.0. The minimum Gasteiger partial charge on any atom is -0.484 e. The van der Waals surface area contributed by atoms with Gasteiger partial charge in [0.25, 0.3) is 5.91 Å². The summed E-state index contributed by atoms with van der Waals surface area (Å²) < 4.78 is 6.22. The van der Waals surface area contributed by atoms with E-state index < -0.39 is 11.8 Å². The summed E-state index contributed by atoms with van der Waals surface area (Å²) in [5, 5.41) is 2.40. The van der Waals surface area contributed by atoms with E-state index >= 15 is 0 Å². The van der Waals surface area contributed by atoms with Gasteiger partial charge in [0, 0.05) is 10.5 Å². The van der Waals surface area contributed by atoms with Gasteiger partial charge in [0.1, 0.15) is 5.75 Å². The molecule has 0 heterocycles. The van der Waals surface area contributed by atoms with Gasteiger partial charge in [-0.2, -0.15) is 0 Å². The minimum absolute atomic E-state index is 0.0234. The number of hydrazine groups is 1. The molecule has 0 bridgehead atoms. The third-order valence-corrected chi connectivity index (χ3v) is 3.70. The molecule has 0 unspecified atom stereocenters. The number of benzene rings is 2. The van der Waals surface area contributed by atoms with E-state index in [1.165, 1.54) is 6.08 Å². The monoisotopic (exact) mass is 433 g/mol. The molecule has 0 spiro atoms. The summed E-state index contributed by atoms with van der Waals surface area (Å²) in [6, 6.07) is 16.4. The first-order chi connectivity index (χ1) is 12.5. The van der Waals surface area contributed by atoms with E-state index in [9.17, 15) is 9.59 Å². The largest absolute Gasteiger partial charge is 0.484 e. The number of carbonyl (C=O) groups is 2. The zero-order chi connectivity index (χ0) is 18.8. The van der Waals surface area contributed by atoms with E-state index in [0.717, 1.165) is 10.0 Å². The Morgan fingerprint density at radius 1 is 1.04 bits per heavy atom. The maximum absolute atomic E-state index is 11.7. The second kappa shape index (κ2) is 10.3. The molecule has 0 saturated carbocycles. The molecule has 0 aliphatic carbocycles. The highest BCUT2D eigenvalue weighted by molar-refractivity contribution is 9.10. The Bertz CT molecular complexity index is 795. The van der Waals surface area contributed by atoms with Crippen LogP contribution in [0.1, 0.15) is 5.56 Å². The Labute approximate surface area is 164 Å². The minimum atomic E-state index is -0.440. The van der Waals surface area contributed by atoms with E-state index in [2.05, 4.69) is 32.1 Å². The van der Waals surface area contributed by atoms with Crippen molar-refractivity contribution in [1.82, 2.24) is 16.2 Å². The Morgan fingerprint density at radius 2 is 1.73 bits per heavy atom. The topological polar surface area (TPSA) is 79.5 Å². The summed E-state index contributed by atoms with van der Waals surface area (Å²) >= 11 is 8.25. The smallest absolute Gasteiger partial charge is 0.276 e. The molecule has 8 heteroatoms.